The first-order valence-corrected chi connectivity index (χ1v) is 24.3. The minimum Gasteiger partial charge on any atom is -0.480 e. The summed E-state index contributed by atoms with van der Waals surface area (Å²) >= 11 is 0. The molecule has 0 unspecified atom stereocenters. The molecule has 2 amide bonds. The van der Waals surface area contributed by atoms with Crippen molar-refractivity contribution in [1.29, 1.82) is 0 Å². The van der Waals surface area contributed by atoms with Crippen LogP contribution in [0.4, 0.5) is 22.7 Å². The minimum absolute atomic E-state index is 0.105. The van der Waals surface area contributed by atoms with E-state index in [0.717, 1.165) is 49.8 Å². The van der Waals surface area contributed by atoms with Crippen molar-refractivity contribution in [2.45, 2.75) is 94.4 Å². The highest BCUT2D eigenvalue weighted by Gasteiger charge is 2.28. The van der Waals surface area contributed by atoms with Gasteiger partial charge < -0.3 is 20.1 Å². The molecule has 6 aromatic rings. The highest BCUT2D eigenvalue weighted by Crippen LogP contribution is 2.33. The van der Waals surface area contributed by atoms with Crippen LogP contribution in [0.5, 0.6) is 11.8 Å². The highest BCUT2D eigenvalue weighted by molar-refractivity contribution is 7.93. The van der Waals surface area contributed by atoms with Crippen LogP contribution in [0.3, 0.4) is 0 Å². The van der Waals surface area contributed by atoms with Crippen LogP contribution >= 0.6 is 0 Å². The van der Waals surface area contributed by atoms with E-state index in [2.05, 4.69) is 45.3 Å². The number of nitrogens with one attached hydrogen (secondary N) is 5. The number of aromatic amines is 1. The lowest BCUT2D eigenvalue weighted by Crippen LogP contribution is -2.19. The van der Waals surface area contributed by atoms with E-state index in [4.69, 9.17) is 9.47 Å². The van der Waals surface area contributed by atoms with Gasteiger partial charge in [-0.2, -0.15) is 10.2 Å². The van der Waals surface area contributed by atoms with Crippen molar-refractivity contribution < 1.29 is 35.9 Å². The van der Waals surface area contributed by atoms with E-state index in [9.17, 15) is 26.4 Å². The number of carbonyl (C=O) groups is 2. The first-order chi connectivity index (χ1) is 31.2. The van der Waals surface area contributed by atoms with E-state index in [0.29, 0.717) is 39.9 Å². The van der Waals surface area contributed by atoms with Gasteiger partial charge in [-0.15, -0.1) is 0 Å². The lowest BCUT2D eigenvalue weighted by Gasteiger charge is -2.21. The fraction of sp³-hybridized carbons (Fsp3) is 0.333. The fourth-order valence-corrected chi connectivity index (χ4v) is 10.9. The number of sulfonamides is 2. The number of nitrogens with zero attached hydrogens (tertiary/aromatic N) is 5. The summed E-state index contributed by atoms with van der Waals surface area (Å²) in [7, 11) is -7.47. The minimum atomic E-state index is -4.39. The second-order valence-corrected chi connectivity index (χ2v) is 19.5. The van der Waals surface area contributed by atoms with Gasteiger partial charge in [-0.05, 0) is 87.3 Å². The number of ether oxygens (including phenoxy) is 2. The SMILES string of the molecule is COc1ncc(NC(=O)c2n[nH]c3c2CCC3)cc1S(=O)(=O)Nc1c(C)cccc1CCOc1ncc(NC(=O)c2cnn(C3CCCCC3)c2)cc1S(=O)(=O)Nc1c(C)cccc1C. The molecule has 2 aliphatic carbocycles. The molecule has 65 heavy (non-hydrogen) atoms. The Morgan fingerprint density at radius 1 is 0.769 bits per heavy atom. The molecule has 2 aliphatic rings. The lowest BCUT2D eigenvalue weighted by atomic mass is 9.96. The quantitative estimate of drug-likeness (QED) is 0.0656. The van der Waals surface area contributed by atoms with Gasteiger partial charge >= 0.3 is 0 Å². The topological polar surface area (TPSA) is 241 Å². The summed E-state index contributed by atoms with van der Waals surface area (Å²) < 4.78 is 75.2. The molecule has 0 saturated heterocycles. The molecule has 340 valence electrons. The Balaban J connectivity index is 1.02. The van der Waals surface area contributed by atoms with E-state index in [1.807, 2.05) is 10.7 Å². The van der Waals surface area contributed by atoms with Crippen LogP contribution in [-0.2, 0) is 39.3 Å². The number of rotatable bonds is 16. The fourth-order valence-electron chi connectivity index (χ4n) is 8.24. The summed E-state index contributed by atoms with van der Waals surface area (Å²) in [4.78, 5) is 34.5. The largest absolute Gasteiger partial charge is 0.480 e. The maximum atomic E-state index is 14.2. The van der Waals surface area contributed by atoms with Gasteiger partial charge in [-0.3, -0.25) is 28.8 Å². The van der Waals surface area contributed by atoms with Gasteiger partial charge in [-0.25, -0.2) is 26.8 Å². The molecule has 2 aromatic carbocycles. The number of H-pyrrole nitrogens is 1. The third-order valence-corrected chi connectivity index (χ3v) is 14.4. The monoisotopic (exact) mass is 922 g/mol. The summed E-state index contributed by atoms with van der Waals surface area (Å²) in [5.41, 5.74) is 5.68. The van der Waals surface area contributed by atoms with Crippen LogP contribution in [0.25, 0.3) is 0 Å². The van der Waals surface area contributed by atoms with Crippen molar-refractivity contribution in [3.63, 3.8) is 0 Å². The van der Waals surface area contributed by atoms with Gasteiger partial charge in [0.1, 0.15) is 0 Å². The summed E-state index contributed by atoms with van der Waals surface area (Å²) in [6.45, 7) is 5.17. The van der Waals surface area contributed by atoms with Gasteiger partial charge in [0.05, 0.1) is 66.7 Å². The smallest absolute Gasteiger partial charge is 0.276 e. The molecular weight excluding hydrogens is 873 g/mol. The normalized spacial score (nSPS) is 14.1. The van der Waals surface area contributed by atoms with Crippen LogP contribution in [0.15, 0.2) is 83.1 Å². The molecule has 4 heterocycles. The molecule has 1 saturated carbocycles. The van der Waals surface area contributed by atoms with Gasteiger partial charge in [-0.1, -0.05) is 55.7 Å². The molecule has 20 heteroatoms. The Morgan fingerprint density at radius 2 is 1.38 bits per heavy atom. The number of amides is 2. The average molecular weight is 923 g/mol. The number of anilines is 4. The van der Waals surface area contributed by atoms with Gasteiger partial charge in [0.25, 0.3) is 31.9 Å². The van der Waals surface area contributed by atoms with Crippen molar-refractivity contribution in [2.24, 2.45) is 0 Å². The molecule has 1 fully saturated rings. The van der Waals surface area contributed by atoms with Gasteiger partial charge in [0.2, 0.25) is 11.8 Å². The molecular formula is C45H50N10O8S2. The molecule has 0 bridgehead atoms. The third kappa shape index (κ3) is 9.82. The van der Waals surface area contributed by atoms with Crippen molar-refractivity contribution in [2.75, 3.05) is 33.8 Å². The summed E-state index contributed by atoms with van der Waals surface area (Å²) in [6, 6.07) is 13.4. The molecule has 8 rings (SSSR count). The molecule has 0 spiro atoms. The molecule has 0 radical (unpaired) electrons. The Hall–Kier alpha value is -6.80. The predicted molar refractivity (Wildman–Crippen MR) is 244 cm³/mol. The van der Waals surface area contributed by atoms with Crippen LogP contribution in [0, 0.1) is 20.8 Å². The summed E-state index contributed by atoms with van der Waals surface area (Å²) in [6.07, 6.45) is 13.7. The molecule has 18 nitrogen and oxygen atoms in total. The van der Waals surface area contributed by atoms with Crippen LogP contribution in [0.1, 0.15) is 98.9 Å². The lowest BCUT2D eigenvalue weighted by molar-refractivity contribution is 0.101. The number of para-hydroxylation sites is 2. The first kappa shape index (κ1) is 44.8. The van der Waals surface area contributed by atoms with Gasteiger partial charge in [0, 0.05) is 23.9 Å². The number of pyridine rings is 2. The number of aryl methyl sites for hydroxylation is 4. The van der Waals surface area contributed by atoms with Gasteiger partial charge in [0.15, 0.2) is 15.5 Å². The Kier molecular flexibility index (Phi) is 12.9. The number of fused-ring (bicyclic) bond motifs is 1. The zero-order valence-corrected chi connectivity index (χ0v) is 38.0. The van der Waals surface area contributed by atoms with Crippen LogP contribution in [0.2, 0.25) is 0 Å². The highest BCUT2D eigenvalue weighted by atomic mass is 32.2. The summed E-state index contributed by atoms with van der Waals surface area (Å²) in [5.74, 6) is -1.42. The Bertz CT molecular complexity index is 2980. The zero-order valence-electron chi connectivity index (χ0n) is 36.4. The first-order valence-electron chi connectivity index (χ1n) is 21.3. The van der Waals surface area contributed by atoms with Crippen molar-refractivity contribution in [3.8, 4) is 11.8 Å². The maximum Gasteiger partial charge on any atom is 0.276 e. The number of hydrogen-bond acceptors (Lipinski definition) is 12. The number of methoxy groups -OCH3 is 1. The second kappa shape index (κ2) is 18.7. The van der Waals surface area contributed by atoms with Crippen molar-refractivity contribution in [3.05, 3.63) is 118 Å². The Labute approximate surface area is 377 Å². The standard InChI is InChI=1S/C45H50N10O8S2/c1-27-11-8-12-28(2)39(27)53-65(60,61)38-22-32(49-42(56)31-23-48-55(26-31)34-15-6-5-7-16-34)25-47-45(38)63-20-19-30-14-9-13-29(3)40(30)54-64(58,59)37-21-33(24-46-44(37)62-4)50-43(57)41-35-17-10-18-36(35)51-52-41/h8-9,11-14,21-26,34,53-54H,5-7,10,15-20H2,1-4H3,(H,49,56)(H,50,57)(H,51,52). The van der Waals surface area contributed by atoms with E-state index < -0.39 is 31.9 Å². The summed E-state index contributed by atoms with van der Waals surface area (Å²) in [5, 5.41) is 17.0. The zero-order chi connectivity index (χ0) is 45.9. The van der Waals surface area contributed by atoms with Crippen LogP contribution < -0.4 is 29.6 Å². The predicted octanol–water partition coefficient (Wildman–Crippen LogP) is 7.05. The average Bonchev–Trinajstić information content (AvgIpc) is 4.06. The van der Waals surface area contributed by atoms with E-state index in [1.54, 1.807) is 57.3 Å². The van der Waals surface area contributed by atoms with Crippen molar-refractivity contribution >= 4 is 54.6 Å². The third-order valence-electron chi connectivity index (χ3n) is 11.7. The Morgan fingerprint density at radius 3 is 2.08 bits per heavy atom. The molecule has 4 aromatic heterocycles. The molecule has 0 aliphatic heterocycles. The maximum absolute atomic E-state index is 14.2. The van der Waals surface area contributed by atoms with E-state index in [1.165, 1.54) is 44.3 Å². The number of aromatic nitrogens is 6. The molecule has 5 N–H and O–H groups in total. The van der Waals surface area contributed by atoms with Crippen molar-refractivity contribution in [1.82, 2.24) is 29.9 Å². The number of benzene rings is 2. The number of hydrogen-bond donors (Lipinski definition) is 5. The van der Waals surface area contributed by atoms with E-state index in [-0.39, 0.29) is 63.4 Å². The molecule has 0 atom stereocenters. The van der Waals surface area contributed by atoms with E-state index >= 15 is 0 Å². The second-order valence-electron chi connectivity index (χ2n) is 16.2. The number of carbonyl (C=O) groups excluding carboxylic acids is 2. The van der Waals surface area contributed by atoms with Crippen LogP contribution in [-0.4, -0.2) is 72.3 Å².